The Morgan fingerprint density at radius 3 is 2.65 bits per heavy atom. The minimum atomic E-state index is -0.571. The third kappa shape index (κ3) is 4.37. The lowest BCUT2D eigenvalue weighted by Crippen LogP contribution is -2.29. The van der Waals surface area contributed by atoms with Gasteiger partial charge in [0.15, 0.2) is 0 Å². The van der Waals surface area contributed by atoms with Crippen molar-refractivity contribution in [2.75, 3.05) is 13.2 Å². The summed E-state index contributed by atoms with van der Waals surface area (Å²) in [5.41, 5.74) is 10.1. The summed E-state index contributed by atoms with van der Waals surface area (Å²) in [7, 11) is 1.91. The van der Waals surface area contributed by atoms with Crippen LogP contribution in [0.2, 0.25) is 0 Å². The number of hydrogen-bond acceptors (Lipinski definition) is 6. The number of nitriles is 1. The molecule has 3 heterocycles. The number of rotatable bonds is 5. The van der Waals surface area contributed by atoms with Crippen LogP contribution in [-0.4, -0.2) is 44.9 Å². The molecule has 0 amide bonds. The lowest BCUT2D eigenvalue weighted by atomic mass is 9.92. The quantitative estimate of drug-likeness (QED) is 0.425. The van der Waals surface area contributed by atoms with Crippen molar-refractivity contribution in [2.24, 2.45) is 12.8 Å². The van der Waals surface area contributed by atoms with Crippen molar-refractivity contribution in [3.8, 4) is 34.3 Å². The Balaban J connectivity index is 1.57. The molecule has 4 aromatic rings. The molecule has 8 nitrogen and oxygen atoms in total. The number of ether oxygens (including phenoxy) is 2. The fourth-order valence-corrected chi connectivity index (χ4v) is 5.42. The van der Waals surface area contributed by atoms with E-state index in [1.54, 1.807) is 6.07 Å². The van der Waals surface area contributed by atoms with Gasteiger partial charge in [0.05, 0.1) is 42.1 Å². The monoisotopic (exact) mass is 500 g/mol. The minimum Gasteiger partial charge on any atom is -0.472 e. The summed E-state index contributed by atoms with van der Waals surface area (Å²) in [5.74, 6) is 0.0949. The van der Waals surface area contributed by atoms with Crippen molar-refractivity contribution in [1.29, 1.82) is 5.26 Å². The first kappa shape index (κ1) is 23.6. The third-order valence-corrected chi connectivity index (χ3v) is 7.52. The average Bonchev–Trinajstić information content (AvgIpc) is 3.64. The van der Waals surface area contributed by atoms with Gasteiger partial charge in [0.2, 0.25) is 5.88 Å². The zero-order valence-corrected chi connectivity index (χ0v) is 20.7. The molecule has 0 bridgehead atoms. The van der Waals surface area contributed by atoms with E-state index in [9.17, 15) is 9.65 Å². The Labute approximate surface area is 214 Å². The second-order valence-corrected chi connectivity index (χ2v) is 9.99. The standard InChI is InChI=1S/C28H29FN6O2/c1-34-25-9-4-17(12-20(25)15-32-34)26-27(18-2-3-19(14-30)24(29)13-18)33-35(22-7-5-21(31)6-8-22)28(26)37-23-10-11-36-16-23/h2-4,9,12-13,15,21-23H,5-8,10-11,16,31H2,1H3. The third-order valence-electron chi connectivity index (χ3n) is 7.52. The molecule has 1 unspecified atom stereocenters. The summed E-state index contributed by atoms with van der Waals surface area (Å²) >= 11 is 0. The summed E-state index contributed by atoms with van der Waals surface area (Å²) in [6.07, 6.45) is 6.14. The Hall–Kier alpha value is -3.74. The van der Waals surface area contributed by atoms with E-state index in [1.165, 1.54) is 12.1 Å². The van der Waals surface area contributed by atoms with Gasteiger partial charge < -0.3 is 15.2 Å². The number of halogens is 1. The van der Waals surface area contributed by atoms with Gasteiger partial charge in [0, 0.05) is 30.5 Å². The van der Waals surface area contributed by atoms with E-state index in [4.69, 9.17) is 20.3 Å². The second kappa shape index (κ2) is 9.61. The van der Waals surface area contributed by atoms with Gasteiger partial charge >= 0.3 is 0 Å². The maximum absolute atomic E-state index is 14.8. The molecule has 9 heteroatoms. The normalized spacial score (nSPS) is 21.8. The predicted octanol–water partition coefficient (Wildman–Crippen LogP) is 4.72. The molecule has 37 heavy (non-hydrogen) atoms. The fourth-order valence-electron chi connectivity index (χ4n) is 5.42. The van der Waals surface area contributed by atoms with Crippen LogP contribution in [0.5, 0.6) is 5.88 Å². The number of hydrogen-bond donors (Lipinski definition) is 1. The molecule has 6 rings (SSSR count). The van der Waals surface area contributed by atoms with E-state index in [1.807, 2.05) is 40.8 Å². The molecular formula is C28H29FN6O2. The van der Waals surface area contributed by atoms with E-state index in [0.29, 0.717) is 30.4 Å². The molecule has 1 aliphatic carbocycles. The Morgan fingerprint density at radius 1 is 1.11 bits per heavy atom. The first-order chi connectivity index (χ1) is 18.0. The van der Waals surface area contributed by atoms with Gasteiger partial charge in [-0.05, 0) is 55.5 Å². The van der Waals surface area contributed by atoms with Gasteiger partial charge in [-0.25, -0.2) is 9.07 Å². The van der Waals surface area contributed by atoms with Crippen LogP contribution in [-0.2, 0) is 11.8 Å². The minimum absolute atomic E-state index is 0.00218. The SMILES string of the molecule is Cn1ncc2cc(-c3c(-c4ccc(C#N)c(F)c4)nn(C4CCC(N)CC4)c3OC3CCOC3)ccc21. The van der Waals surface area contributed by atoms with Gasteiger partial charge in [-0.15, -0.1) is 0 Å². The highest BCUT2D eigenvalue weighted by Crippen LogP contribution is 2.44. The molecule has 2 N–H and O–H groups in total. The highest BCUT2D eigenvalue weighted by Gasteiger charge is 2.31. The van der Waals surface area contributed by atoms with Gasteiger partial charge in [-0.2, -0.15) is 15.5 Å². The number of nitrogens with zero attached hydrogens (tertiary/aromatic N) is 5. The summed E-state index contributed by atoms with van der Waals surface area (Å²) in [5, 5.41) is 19.7. The molecule has 1 saturated heterocycles. The number of nitrogens with two attached hydrogens (primary N) is 1. The van der Waals surface area contributed by atoms with Gasteiger partial charge in [-0.3, -0.25) is 4.68 Å². The maximum atomic E-state index is 14.8. The zero-order valence-electron chi connectivity index (χ0n) is 20.7. The molecule has 1 aliphatic heterocycles. The largest absolute Gasteiger partial charge is 0.472 e. The van der Waals surface area contributed by atoms with Crippen LogP contribution < -0.4 is 10.5 Å². The molecule has 0 spiro atoms. The molecule has 190 valence electrons. The maximum Gasteiger partial charge on any atom is 0.221 e. The van der Waals surface area contributed by atoms with E-state index < -0.39 is 5.82 Å². The van der Waals surface area contributed by atoms with Crippen LogP contribution in [0.15, 0.2) is 42.6 Å². The van der Waals surface area contributed by atoms with E-state index in [0.717, 1.165) is 54.1 Å². The van der Waals surface area contributed by atoms with Crippen molar-refractivity contribution in [3.63, 3.8) is 0 Å². The molecule has 2 aliphatic rings. The van der Waals surface area contributed by atoms with Crippen LogP contribution in [0.1, 0.15) is 43.7 Å². The Kier molecular flexibility index (Phi) is 6.14. The van der Waals surface area contributed by atoms with Crippen LogP contribution in [0.25, 0.3) is 33.3 Å². The first-order valence-corrected chi connectivity index (χ1v) is 12.8. The molecule has 2 aromatic carbocycles. The lowest BCUT2D eigenvalue weighted by Gasteiger charge is -2.28. The smallest absolute Gasteiger partial charge is 0.221 e. The zero-order chi connectivity index (χ0) is 25.5. The van der Waals surface area contributed by atoms with Crippen molar-refractivity contribution >= 4 is 10.9 Å². The molecule has 2 aromatic heterocycles. The topological polar surface area (TPSA) is 104 Å². The number of benzene rings is 2. The van der Waals surface area contributed by atoms with Crippen molar-refractivity contribution in [3.05, 3.63) is 54.0 Å². The van der Waals surface area contributed by atoms with Crippen LogP contribution >= 0.6 is 0 Å². The summed E-state index contributed by atoms with van der Waals surface area (Å²) in [6.45, 7) is 1.17. The van der Waals surface area contributed by atoms with Crippen LogP contribution in [0.3, 0.4) is 0 Å². The summed E-state index contributed by atoms with van der Waals surface area (Å²) in [6, 6.07) is 13.0. The number of aromatic nitrogens is 4. The highest BCUT2D eigenvalue weighted by atomic mass is 19.1. The van der Waals surface area contributed by atoms with E-state index in [2.05, 4.69) is 11.2 Å². The van der Waals surface area contributed by atoms with E-state index in [-0.39, 0.29) is 23.8 Å². The summed E-state index contributed by atoms with van der Waals surface area (Å²) in [4.78, 5) is 0. The van der Waals surface area contributed by atoms with Gasteiger partial charge in [-0.1, -0.05) is 12.1 Å². The van der Waals surface area contributed by atoms with E-state index >= 15 is 0 Å². The average molecular weight is 501 g/mol. The van der Waals surface area contributed by atoms with Gasteiger partial charge in [0.1, 0.15) is 23.7 Å². The van der Waals surface area contributed by atoms with Crippen molar-refractivity contribution in [2.45, 2.75) is 50.3 Å². The summed E-state index contributed by atoms with van der Waals surface area (Å²) < 4.78 is 30.8. The number of aryl methyl sites for hydroxylation is 1. The molecule has 2 fully saturated rings. The first-order valence-electron chi connectivity index (χ1n) is 12.8. The molecule has 0 radical (unpaired) electrons. The van der Waals surface area contributed by atoms with Gasteiger partial charge in [0.25, 0.3) is 0 Å². The van der Waals surface area contributed by atoms with Crippen molar-refractivity contribution < 1.29 is 13.9 Å². The Morgan fingerprint density at radius 2 is 1.92 bits per heavy atom. The lowest BCUT2D eigenvalue weighted by molar-refractivity contribution is 0.129. The predicted molar refractivity (Wildman–Crippen MR) is 137 cm³/mol. The molecular weight excluding hydrogens is 471 g/mol. The molecule has 1 saturated carbocycles. The fraction of sp³-hybridized carbons (Fsp3) is 0.393. The highest BCUT2D eigenvalue weighted by molar-refractivity contribution is 5.91. The molecule has 1 atom stereocenters. The Bertz CT molecular complexity index is 1490. The van der Waals surface area contributed by atoms with Crippen LogP contribution in [0, 0.1) is 17.1 Å². The number of fused-ring (bicyclic) bond motifs is 1. The van der Waals surface area contributed by atoms with Crippen LogP contribution in [0.4, 0.5) is 4.39 Å². The second-order valence-electron chi connectivity index (χ2n) is 9.99. The van der Waals surface area contributed by atoms with Crippen molar-refractivity contribution in [1.82, 2.24) is 19.6 Å².